The minimum absolute atomic E-state index is 0.138. The molecule has 4 nitrogen and oxygen atoms in total. The van der Waals surface area contributed by atoms with E-state index in [1.54, 1.807) is 6.07 Å². The third-order valence-corrected chi connectivity index (χ3v) is 2.86. The molecule has 0 aliphatic heterocycles. The molecule has 0 atom stereocenters. The smallest absolute Gasteiger partial charge is 0.134 e. The molecule has 16 heavy (non-hydrogen) atoms. The molecule has 1 aromatic rings. The van der Waals surface area contributed by atoms with Gasteiger partial charge in [0.25, 0.3) is 0 Å². The second-order valence-corrected chi connectivity index (χ2v) is 4.35. The first kappa shape index (κ1) is 11.6. The summed E-state index contributed by atoms with van der Waals surface area (Å²) in [5, 5.41) is 9.53. The molecule has 1 fully saturated rings. The van der Waals surface area contributed by atoms with E-state index in [2.05, 4.69) is 14.9 Å². The lowest BCUT2D eigenvalue weighted by Crippen LogP contribution is -2.30. The van der Waals surface area contributed by atoms with Crippen LogP contribution in [0.2, 0.25) is 5.15 Å². The summed E-state index contributed by atoms with van der Waals surface area (Å²) in [5.74, 6) is 1.60. The molecular weight excluding hydrogens is 226 g/mol. The van der Waals surface area contributed by atoms with Crippen molar-refractivity contribution >= 4 is 17.4 Å². The maximum Gasteiger partial charge on any atom is 0.134 e. The molecule has 0 aromatic carbocycles. The minimum atomic E-state index is 0.138. The van der Waals surface area contributed by atoms with Crippen molar-refractivity contribution in [1.29, 1.82) is 0 Å². The van der Waals surface area contributed by atoms with Gasteiger partial charge in [0.2, 0.25) is 0 Å². The van der Waals surface area contributed by atoms with E-state index in [1.165, 1.54) is 12.8 Å². The summed E-state index contributed by atoms with van der Waals surface area (Å²) in [7, 11) is 0. The Morgan fingerprint density at radius 3 is 2.81 bits per heavy atom. The lowest BCUT2D eigenvalue weighted by Gasteiger charge is -2.22. The van der Waals surface area contributed by atoms with Crippen LogP contribution in [-0.2, 0) is 6.42 Å². The monoisotopic (exact) mass is 241 g/mol. The first-order chi connectivity index (χ1) is 7.74. The molecule has 1 N–H and O–H groups in total. The summed E-state index contributed by atoms with van der Waals surface area (Å²) < 4.78 is 0. The Balaban J connectivity index is 2.25. The van der Waals surface area contributed by atoms with Crippen LogP contribution in [0, 0.1) is 0 Å². The number of hydrogen-bond donors (Lipinski definition) is 1. The third-order valence-electron chi connectivity index (χ3n) is 2.67. The molecule has 1 heterocycles. The standard InChI is InChI=1S/C11H16ClN3O/c1-2-10-13-9(12)7-11(14-10)15(5-6-16)8-3-4-8/h7-8,16H,2-6H2,1H3. The fourth-order valence-electron chi connectivity index (χ4n) is 1.73. The minimum Gasteiger partial charge on any atom is -0.395 e. The highest BCUT2D eigenvalue weighted by Gasteiger charge is 2.29. The van der Waals surface area contributed by atoms with Gasteiger partial charge in [-0.25, -0.2) is 9.97 Å². The van der Waals surface area contributed by atoms with Crippen LogP contribution >= 0.6 is 11.6 Å². The Hall–Kier alpha value is -0.870. The summed E-state index contributed by atoms with van der Waals surface area (Å²) in [6.45, 7) is 2.75. The first-order valence-corrected chi connectivity index (χ1v) is 6.03. The van der Waals surface area contributed by atoms with Crippen molar-refractivity contribution in [2.45, 2.75) is 32.2 Å². The number of aliphatic hydroxyl groups is 1. The van der Waals surface area contributed by atoms with Gasteiger partial charge in [0, 0.05) is 25.1 Å². The maximum atomic E-state index is 9.05. The van der Waals surface area contributed by atoms with Crippen LogP contribution in [0.4, 0.5) is 5.82 Å². The van der Waals surface area contributed by atoms with Crippen LogP contribution in [0.1, 0.15) is 25.6 Å². The molecule has 2 rings (SSSR count). The average Bonchev–Trinajstić information content (AvgIpc) is 3.08. The SMILES string of the molecule is CCc1nc(Cl)cc(N(CCO)C2CC2)n1. The Bertz CT molecular complexity index is 368. The molecule has 1 aromatic heterocycles. The van der Waals surface area contributed by atoms with Gasteiger partial charge in [-0.2, -0.15) is 0 Å². The largest absolute Gasteiger partial charge is 0.395 e. The number of rotatable bonds is 5. The molecule has 0 radical (unpaired) electrons. The van der Waals surface area contributed by atoms with E-state index in [0.717, 1.165) is 18.1 Å². The fraction of sp³-hybridized carbons (Fsp3) is 0.636. The van der Waals surface area contributed by atoms with Crippen LogP contribution in [-0.4, -0.2) is 34.3 Å². The summed E-state index contributed by atoms with van der Waals surface area (Å²) in [4.78, 5) is 10.7. The van der Waals surface area contributed by atoms with E-state index in [1.807, 2.05) is 6.92 Å². The van der Waals surface area contributed by atoms with Gasteiger partial charge >= 0.3 is 0 Å². The molecule has 1 aliphatic rings. The summed E-state index contributed by atoms with van der Waals surface area (Å²) in [6.07, 6.45) is 3.11. The lowest BCUT2D eigenvalue weighted by molar-refractivity contribution is 0.301. The highest BCUT2D eigenvalue weighted by atomic mass is 35.5. The van der Waals surface area contributed by atoms with Crippen molar-refractivity contribution in [3.8, 4) is 0 Å². The highest BCUT2D eigenvalue weighted by molar-refractivity contribution is 6.29. The topological polar surface area (TPSA) is 49.2 Å². The summed E-state index contributed by atoms with van der Waals surface area (Å²) in [6, 6.07) is 2.29. The van der Waals surface area contributed by atoms with Crippen molar-refractivity contribution in [3.05, 3.63) is 17.0 Å². The van der Waals surface area contributed by atoms with Gasteiger partial charge in [-0.15, -0.1) is 0 Å². The number of anilines is 1. The van der Waals surface area contributed by atoms with Crippen molar-refractivity contribution in [2.75, 3.05) is 18.1 Å². The zero-order chi connectivity index (χ0) is 11.5. The predicted molar refractivity (Wildman–Crippen MR) is 63.9 cm³/mol. The highest BCUT2D eigenvalue weighted by Crippen LogP contribution is 2.31. The lowest BCUT2D eigenvalue weighted by atomic mass is 10.4. The average molecular weight is 242 g/mol. The normalized spacial score (nSPS) is 15.2. The molecule has 88 valence electrons. The van der Waals surface area contributed by atoms with E-state index >= 15 is 0 Å². The first-order valence-electron chi connectivity index (χ1n) is 5.65. The summed E-state index contributed by atoms with van der Waals surface area (Å²) >= 11 is 5.96. The van der Waals surface area contributed by atoms with Crippen LogP contribution in [0.5, 0.6) is 0 Å². The number of aromatic nitrogens is 2. The zero-order valence-corrected chi connectivity index (χ0v) is 10.1. The maximum absolute atomic E-state index is 9.05. The molecule has 0 unspecified atom stereocenters. The quantitative estimate of drug-likeness (QED) is 0.797. The van der Waals surface area contributed by atoms with Gasteiger partial charge < -0.3 is 10.0 Å². The molecule has 1 aliphatic carbocycles. The van der Waals surface area contributed by atoms with Crippen LogP contribution in [0.25, 0.3) is 0 Å². The second kappa shape index (κ2) is 4.97. The second-order valence-electron chi connectivity index (χ2n) is 3.97. The molecular formula is C11H16ClN3O. The molecule has 1 saturated carbocycles. The molecule has 0 amide bonds. The Morgan fingerprint density at radius 1 is 1.50 bits per heavy atom. The van der Waals surface area contributed by atoms with Gasteiger partial charge in [0.1, 0.15) is 16.8 Å². The van der Waals surface area contributed by atoms with E-state index in [9.17, 15) is 0 Å². The number of aryl methyl sites for hydroxylation is 1. The van der Waals surface area contributed by atoms with Crippen molar-refractivity contribution < 1.29 is 5.11 Å². The Labute approximate surface area is 100 Å². The van der Waals surface area contributed by atoms with Gasteiger partial charge in [-0.05, 0) is 12.8 Å². The van der Waals surface area contributed by atoms with E-state index in [4.69, 9.17) is 16.7 Å². The molecule has 5 heteroatoms. The zero-order valence-electron chi connectivity index (χ0n) is 9.36. The number of hydrogen-bond acceptors (Lipinski definition) is 4. The number of halogens is 1. The van der Waals surface area contributed by atoms with Gasteiger partial charge in [-0.3, -0.25) is 0 Å². The predicted octanol–water partition coefficient (Wildman–Crippen LogP) is 1.65. The Kier molecular flexibility index (Phi) is 3.61. The van der Waals surface area contributed by atoms with E-state index in [0.29, 0.717) is 17.7 Å². The molecule has 0 bridgehead atoms. The van der Waals surface area contributed by atoms with Crippen LogP contribution < -0.4 is 4.90 Å². The van der Waals surface area contributed by atoms with Crippen LogP contribution in [0.3, 0.4) is 0 Å². The summed E-state index contributed by atoms with van der Waals surface area (Å²) in [5.41, 5.74) is 0. The van der Waals surface area contributed by atoms with E-state index < -0.39 is 0 Å². The Morgan fingerprint density at radius 2 is 2.25 bits per heavy atom. The van der Waals surface area contributed by atoms with Crippen LogP contribution in [0.15, 0.2) is 6.07 Å². The van der Waals surface area contributed by atoms with Crippen molar-refractivity contribution in [3.63, 3.8) is 0 Å². The van der Waals surface area contributed by atoms with Crippen molar-refractivity contribution in [1.82, 2.24) is 9.97 Å². The molecule has 0 spiro atoms. The molecule has 0 saturated heterocycles. The third kappa shape index (κ3) is 2.62. The number of aliphatic hydroxyl groups excluding tert-OH is 1. The van der Waals surface area contributed by atoms with Crippen molar-refractivity contribution in [2.24, 2.45) is 0 Å². The van der Waals surface area contributed by atoms with Gasteiger partial charge in [0.05, 0.1) is 6.61 Å². The van der Waals surface area contributed by atoms with Gasteiger partial charge in [-0.1, -0.05) is 18.5 Å². The number of nitrogens with zero attached hydrogens (tertiary/aromatic N) is 3. The van der Waals surface area contributed by atoms with E-state index in [-0.39, 0.29) is 6.61 Å². The van der Waals surface area contributed by atoms with Gasteiger partial charge in [0.15, 0.2) is 0 Å². The fourth-order valence-corrected chi connectivity index (χ4v) is 1.93.